The van der Waals surface area contributed by atoms with Gasteiger partial charge in [-0.15, -0.1) is 0 Å². The summed E-state index contributed by atoms with van der Waals surface area (Å²) in [5.74, 6) is -1.82. The van der Waals surface area contributed by atoms with Gasteiger partial charge in [-0.05, 0) is 77.3 Å². The number of aliphatic hydroxyl groups is 2. The molecule has 0 aromatic heterocycles. The van der Waals surface area contributed by atoms with Gasteiger partial charge >= 0.3 is 0 Å². The van der Waals surface area contributed by atoms with Crippen molar-refractivity contribution >= 4 is 34.2 Å². The summed E-state index contributed by atoms with van der Waals surface area (Å²) in [6.45, 7) is 6.32. The number of carbonyl (C=O) groups is 2. The molecule has 7 rings (SSSR count). The van der Waals surface area contributed by atoms with E-state index in [-0.39, 0.29) is 36.1 Å². The highest BCUT2D eigenvalue weighted by Crippen LogP contribution is 2.49. The quantitative estimate of drug-likeness (QED) is 0.0855. The van der Waals surface area contributed by atoms with E-state index >= 15 is 0 Å². The predicted octanol–water partition coefficient (Wildman–Crippen LogP) is 7.46. The summed E-state index contributed by atoms with van der Waals surface area (Å²) >= 11 is 0. The number of aromatic hydroxyl groups is 1. The van der Waals surface area contributed by atoms with Crippen LogP contribution in [0.15, 0.2) is 108 Å². The molecule has 2 heterocycles. The maximum absolute atomic E-state index is 14.3. The Balaban J connectivity index is 1.12. The number of hydrogen-bond acceptors (Lipinski definition) is 6. The van der Waals surface area contributed by atoms with Crippen molar-refractivity contribution in [1.82, 2.24) is 9.80 Å². The molecule has 3 aliphatic rings. The van der Waals surface area contributed by atoms with Crippen LogP contribution < -0.4 is 0 Å². The fourth-order valence-electron chi connectivity index (χ4n) is 9.03. The zero-order chi connectivity index (χ0) is 36.4. The van der Waals surface area contributed by atoms with E-state index in [0.717, 1.165) is 71.1 Å². The molecule has 0 spiro atoms. The average Bonchev–Trinajstić information content (AvgIpc) is 3.42. The molecule has 0 radical (unpaired) electrons. The van der Waals surface area contributed by atoms with Gasteiger partial charge in [-0.2, -0.15) is 0 Å². The van der Waals surface area contributed by atoms with Crippen LogP contribution >= 0.6 is 0 Å². The number of rotatable bonds is 11. The van der Waals surface area contributed by atoms with Crippen molar-refractivity contribution in [3.05, 3.63) is 125 Å². The first-order valence-corrected chi connectivity index (χ1v) is 18.9. The van der Waals surface area contributed by atoms with Crippen molar-refractivity contribution in [3.63, 3.8) is 0 Å². The summed E-state index contributed by atoms with van der Waals surface area (Å²) < 4.78 is 0. The number of likely N-dealkylation sites (tertiary alicyclic amines) is 2. The molecule has 2 fully saturated rings. The molecule has 52 heavy (non-hydrogen) atoms. The number of fused-ring (bicyclic) bond motifs is 2. The molecule has 3 N–H and O–H groups in total. The highest BCUT2D eigenvalue weighted by molar-refractivity contribution is 6.06. The van der Waals surface area contributed by atoms with Crippen molar-refractivity contribution in [2.45, 2.75) is 64.6 Å². The van der Waals surface area contributed by atoms with Gasteiger partial charge in [0.05, 0.1) is 24.5 Å². The first-order chi connectivity index (χ1) is 25.2. The molecule has 270 valence electrons. The number of imide groups is 1. The van der Waals surface area contributed by atoms with Crippen LogP contribution in [-0.2, 0) is 16.1 Å². The zero-order valence-corrected chi connectivity index (χ0v) is 30.2. The molecule has 2 aliphatic heterocycles. The Morgan fingerprint density at radius 3 is 2.17 bits per heavy atom. The minimum absolute atomic E-state index is 0.0466. The van der Waals surface area contributed by atoms with E-state index in [4.69, 9.17) is 0 Å². The largest absolute Gasteiger partial charge is 0.507 e. The Kier molecular flexibility index (Phi) is 10.7. The van der Waals surface area contributed by atoms with E-state index in [0.29, 0.717) is 19.3 Å². The van der Waals surface area contributed by atoms with Crippen molar-refractivity contribution in [1.29, 1.82) is 0 Å². The third kappa shape index (κ3) is 7.10. The third-order valence-corrected chi connectivity index (χ3v) is 11.7. The molecule has 4 atom stereocenters. The van der Waals surface area contributed by atoms with Gasteiger partial charge in [0, 0.05) is 37.0 Å². The number of hydrogen-bond donors (Lipinski definition) is 3. The molecule has 2 saturated heterocycles. The zero-order valence-electron chi connectivity index (χ0n) is 30.2. The highest BCUT2D eigenvalue weighted by Gasteiger charge is 2.56. The van der Waals surface area contributed by atoms with Crippen LogP contribution in [0.4, 0.5) is 0 Å². The molecule has 0 unspecified atom stereocenters. The second-order valence-corrected chi connectivity index (χ2v) is 15.1. The Morgan fingerprint density at radius 1 is 0.846 bits per heavy atom. The van der Waals surface area contributed by atoms with Crippen LogP contribution in [0.5, 0.6) is 5.75 Å². The summed E-state index contributed by atoms with van der Waals surface area (Å²) in [6, 6.07) is 31.7. The summed E-state index contributed by atoms with van der Waals surface area (Å²) in [7, 11) is 0. The van der Waals surface area contributed by atoms with Crippen LogP contribution in [0.25, 0.3) is 22.4 Å². The van der Waals surface area contributed by atoms with E-state index in [1.54, 1.807) is 11.0 Å². The van der Waals surface area contributed by atoms with Gasteiger partial charge in [-0.3, -0.25) is 19.4 Å². The van der Waals surface area contributed by atoms with Gasteiger partial charge in [0.2, 0.25) is 11.8 Å². The second kappa shape index (κ2) is 15.6. The second-order valence-electron chi connectivity index (χ2n) is 15.1. The predicted molar refractivity (Wildman–Crippen MR) is 206 cm³/mol. The molecular formula is C45H50N2O5. The molecule has 2 amide bonds. The van der Waals surface area contributed by atoms with Gasteiger partial charge < -0.3 is 15.3 Å². The SMILES string of the molecule is CC(C)C1=C([C@H](O)CC/C(=C/c2ccc(O)c3ccccc23)c2ccccc2)[C@H](CO)[C@@H]2C(=O)N(C3CCN(Cc4ccccc4)CC3)C(=O)[C@@H]2C1. The lowest BCUT2D eigenvalue weighted by molar-refractivity contribution is -0.144. The van der Waals surface area contributed by atoms with Crippen LogP contribution in [0.3, 0.4) is 0 Å². The lowest BCUT2D eigenvalue weighted by atomic mass is 9.66. The lowest BCUT2D eigenvalue weighted by Crippen LogP contribution is -2.47. The Hall–Kier alpha value is -4.56. The monoisotopic (exact) mass is 698 g/mol. The fourth-order valence-corrected chi connectivity index (χ4v) is 9.03. The van der Waals surface area contributed by atoms with E-state index in [1.807, 2.05) is 66.7 Å². The van der Waals surface area contributed by atoms with Gasteiger partial charge in [0.15, 0.2) is 0 Å². The minimum Gasteiger partial charge on any atom is -0.507 e. The lowest BCUT2D eigenvalue weighted by Gasteiger charge is -2.38. The standard InChI is InChI=1S/C45H50N2O5/c1-29(2)37-26-38-43(45(52)47(44(38)51)34-21-23-46(24-22-34)27-30-11-5-3-6-12-30)39(28-48)42(37)41(50)20-17-32(31-13-7-4-8-14-31)25-33-18-19-40(49)36-16-10-9-15-35(33)36/h3-16,18-19,25,29,34,38-39,41,43,48-50H,17,20-24,26-28H2,1-2H3/b32-25-/t38-,39+,41-,43-/m1/s1. The van der Waals surface area contributed by atoms with Crippen molar-refractivity contribution in [3.8, 4) is 5.75 Å². The number of piperidine rings is 1. The Morgan fingerprint density at radius 2 is 1.50 bits per heavy atom. The number of carbonyl (C=O) groups excluding carboxylic acids is 2. The number of phenols is 1. The van der Waals surface area contributed by atoms with Crippen LogP contribution in [-0.4, -0.2) is 68.8 Å². The first kappa shape index (κ1) is 35.8. The van der Waals surface area contributed by atoms with E-state index in [9.17, 15) is 24.9 Å². The summed E-state index contributed by atoms with van der Waals surface area (Å²) in [5.41, 5.74) is 6.02. The van der Waals surface area contributed by atoms with Gasteiger partial charge in [0.25, 0.3) is 0 Å². The Labute approximate surface area is 306 Å². The van der Waals surface area contributed by atoms with Crippen LogP contribution in [0.2, 0.25) is 0 Å². The normalized spacial score (nSPS) is 22.4. The summed E-state index contributed by atoms with van der Waals surface area (Å²) in [5, 5.41) is 35.2. The molecule has 0 bridgehead atoms. The van der Waals surface area contributed by atoms with E-state index in [2.05, 4.69) is 49.1 Å². The number of allylic oxidation sites excluding steroid dienone is 2. The van der Waals surface area contributed by atoms with Gasteiger partial charge in [-0.1, -0.05) is 116 Å². The van der Waals surface area contributed by atoms with Crippen molar-refractivity contribution in [2.24, 2.45) is 23.7 Å². The number of aliphatic hydroxyl groups excluding tert-OH is 2. The summed E-state index contributed by atoms with van der Waals surface area (Å²) in [4.78, 5) is 32.3. The molecule has 4 aromatic rings. The number of amides is 2. The molecule has 4 aromatic carbocycles. The van der Waals surface area contributed by atoms with Crippen molar-refractivity contribution < 1.29 is 24.9 Å². The van der Waals surface area contributed by atoms with Crippen molar-refractivity contribution in [2.75, 3.05) is 19.7 Å². The molecular weight excluding hydrogens is 649 g/mol. The highest BCUT2D eigenvalue weighted by atomic mass is 16.3. The van der Waals surface area contributed by atoms with Gasteiger partial charge in [0.1, 0.15) is 5.75 Å². The number of phenolic OH excluding ortho intramolecular Hbond substituents is 1. The third-order valence-electron chi connectivity index (χ3n) is 11.7. The van der Waals surface area contributed by atoms with Crippen LogP contribution in [0, 0.1) is 23.7 Å². The van der Waals surface area contributed by atoms with Gasteiger partial charge in [-0.25, -0.2) is 0 Å². The maximum Gasteiger partial charge on any atom is 0.234 e. The average molecular weight is 699 g/mol. The smallest absolute Gasteiger partial charge is 0.234 e. The topological polar surface area (TPSA) is 101 Å². The number of benzene rings is 4. The molecule has 7 nitrogen and oxygen atoms in total. The summed E-state index contributed by atoms with van der Waals surface area (Å²) in [6.07, 6.45) is 4.07. The first-order valence-electron chi connectivity index (χ1n) is 18.9. The van der Waals surface area contributed by atoms with Crippen LogP contribution in [0.1, 0.15) is 62.6 Å². The molecule has 0 saturated carbocycles. The number of nitrogens with zero attached hydrogens (tertiary/aromatic N) is 2. The molecule has 1 aliphatic carbocycles. The van der Waals surface area contributed by atoms with E-state index < -0.39 is 23.9 Å². The maximum atomic E-state index is 14.3. The fraction of sp³-hybridized carbons (Fsp3) is 0.378. The minimum atomic E-state index is -0.891. The van der Waals surface area contributed by atoms with E-state index in [1.165, 1.54) is 5.56 Å². The Bertz CT molecular complexity index is 1960. The molecule has 7 heteroatoms.